The van der Waals surface area contributed by atoms with Gasteiger partial charge >= 0.3 is 5.97 Å². The fourth-order valence-electron chi connectivity index (χ4n) is 1.85. The number of rotatable bonds is 3. The second-order valence-corrected chi connectivity index (χ2v) is 9.42. The lowest BCUT2D eigenvalue weighted by atomic mass is 10.1. The van der Waals surface area contributed by atoms with Gasteiger partial charge in [-0.3, -0.25) is 0 Å². The molecule has 0 fully saturated rings. The average Bonchev–Trinajstić information content (AvgIpc) is 2.53. The lowest BCUT2D eigenvalue weighted by molar-refractivity contribution is 0.0718. The van der Waals surface area contributed by atoms with Crippen molar-refractivity contribution in [2.75, 3.05) is 5.73 Å². The molecule has 0 atom stereocenters. The molecule has 0 aromatic heterocycles. The predicted molar refractivity (Wildman–Crippen MR) is 108 cm³/mol. The van der Waals surface area contributed by atoms with Crippen LogP contribution < -0.4 is 10.5 Å². The van der Waals surface area contributed by atoms with Crippen molar-refractivity contribution >= 4 is 89.5 Å². The molecule has 0 bridgehead atoms. The number of nitrogen functional groups attached to an aromatic ring is 1. The van der Waals surface area contributed by atoms with Crippen LogP contribution in [0.2, 0.25) is 0 Å². The van der Waals surface area contributed by atoms with Gasteiger partial charge < -0.3 is 15.0 Å². The molecule has 0 radical (unpaired) electrons. The maximum Gasteiger partial charge on any atom is 0.349 e. The molecule has 27 heavy (non-hydrogen) atoms. The Balaban J connectivity index is 2.65. The molecule has 2 N–H and O–H groups in total. The molecular formula is C13H3F4I3NO5S-. The van der Waals surface area contributed by atoms with Crippen molar-refractivity contribution in [3.63, 3.8) is 0 Å². The Morgan fingerprint density at radius 3 is 1.93 bits per heavy atom. The minimum atomic E-state index is -4.98. The summed E-state index contributed by atoms with van der Waals surface area (Å²) in [5.74, 6) is -10.5. The molecule has 0 aliphatic heterocycles. The zero-order valence-electron chi connectivity index (χ0n) is 12.2. The Morgan fingerprint density at radius 2 is 1.48 bits per heavy atom. The quantitative estimate of drug-likeness (QED) is 0.0977. The molecule has 0 spiro atoms. The van der Waals surface area contributed by atoms with Gasteiger partial charge in [-0.05, 0) is 73.8 Å². The van der Waals surface area contributed by atoms with E-state index in [1.165, 1.54) is 22.6 Å². The first-order valence-electron chi connectivity index (χ1n) is 6.26. The van der Waals surface area contributed by atoms with Gasteiger partial charge in [0, 0.05) is 3.57 Å². The van der Waals surface area contributed by atoms with Gasteiger partial charge in [-0.2, -0.15) is 0 Å². The van der Waals surface area contributed by atoms with Crippen molar-refractivity contribution < 1.29 is 40.1 Å². The number of nitrogens with two attached hydrogens (primary N) is 1. The van der Waals surface area contributed by atoms with E-state index in [2.05, 4.69) is 0 Å². The summed E-state index contributed by atoms with van der Waals surface area (Å²) in [5, 5.41) is 0. The highest BCUT2D eigenvalue weighted by Crippen LogP contribution is 2.37. The summed E-state index contributed by atoms with van der Waals surface area (Å²) in [7, 11) is -4.98. The molecule has 0 saturated carbocycles. The Kier molecular flexibility index (Phi) is 6.85. The maximum atomic E-state index is 13.9. The normalized spacial score (nSPS) is 11.6. The van der Waals surface area contributed by atoms with E-state index in [0.717, 1.165) is 6.07 Å². The Labute approximate surface area is 190 Å². The van der Waals surface area contributed by atoms with Crippen LogP contribution in [0.1, 0.15) is 10.4 Å². The van der Waals surface area contributed by atoms with E-state index >= 15 is 0 Å². The summed E-state index contributed by atoms with van der Waals surface area (Å²) >= 11 is 4.55. The third-order valence-electron chi connectivity index (χ3n) is 3.03. The van der Waals surface area contributed by atoms with E-state index in [4.69, 9.17) is 10.5 Å². The maximum absolute atomic E-state index is 13.9. The monoisotopic (exact) mass is 742 g/mol. The van der Waals surface area contributed by atoms with Gasteiger partial charge in [0.05, 0.1) is 12.0 Å². The molecule has 0 aliphatic rings. The third kappa shape index (κ3) is 4.27. The number of carbonyl (C=O) groups is 1. The predicted octanol–water partition coefficient (Wildman–Crippen LogP) is 3.76. The van der Waals surface area contributed by atoms with Gasteiger partial charge in [0.25, 0.3) is 0 Å². The van der Waals surface area contributed by atoms with Gasteiger partial charge in [-0.15, -0.1) is 0 Å². The van der Waals surface area contributed by atoms with E-state index < -0.39 is 61.3 Å². The fourth-order valence-corrected chi connectivity index (χ4v) is 7.67. The highest BCUT2D eigenvalue weighted by Gasteiger charge is 2.31. The minimum absolute atomic E-state index is 0.0122. The van der Waals surface area contributed by atoms with Crippen LogP contribution in [0.25, 0.3) is 0 Å². The van der Waals surface area contributed by atoms with Crippen LogP contribution in [0.5, 0.6) is 5.75 Å². The van der Waals surface area contributed by atoms with Crippen molar-refractivity contribution in [1.82, 2.24) is 0 Å². The molecule has 0 aliphatic carbocycles. The molecule has 0 saturated heterocycles. The average molecular weight is 742 g/mol. The lowest BCUT2D eigenvalue weighted by Crippen LogP contribution is -2.19. The summed E-state index contributed by atoms with van der Waals surface area (Å²) in [6, 6.07) is 1.16. The number of halogens is 7. The Morgan fingerprint density at radius 1 is 1.00 bits per heavy atom. The number of anilines is 1. The highest BCUT2D eigenvalue weighted by atomic mass is 127. The first-order valence-corrected chi connectivity index (χ1v) is 10.9. The largest absolute Gasteiger partial charge is 0.744 e. The fraction of sp³-hybridized carbons (Fsp3) is 0. The molecule has 2 aromatic rings. The molecule has 146 valence electrons. The van der Waals surface area contributed by atoms with Crippen LogP contribution in [0.15, 0.2) is 11.0 Å². The third-order valence-corrected chi connectivity index (χ3v) is 7.37. The first kappa shape index (κ1) is 22.8. The molecule has 0 heterocycles. The Hall–Kier alpha value is -0.470. The van der Waals surface area contributed by atoms with E-state index in [1.54, 1.807) is 45.2 Å². The molecule has 2 aromatic carbocycles. The zero-order valence-corrected chi connectivity index (χ0v) is 19.5. The Bertz CT molecular complexity index is 1070. The summed E-state index contributed by atoms with van der Waals surface area (Å²) in [6.45, 7) is 0. The number of esters is 1. The molecular weight excluding hydrogens is 739 g/mol. The van der Waals surface area contributed by atoms with Crippen molar-refractivity contribution in [2.45, 2.75) is 4.90 Å². The number of benzene rings is 2. The second-order valence-electron chi connectivity index (χ2n) is 4.70. The van der Waals surface area contributed by atoms with E-state index in [-0.39, 0.29) is 10.7 Å². The number of hydrogen-bond donors (Lipinski definition) is 1. The molecule has 14 heteroatoms. The van der Waals surface area contributed by atoms with Gasteiger partial charge in [0.1, 0.15) is 21.4 Å². The summed E-state index contributed by atoms with van der Waals surface area (Å²) in [6.07, 6.45) is 0. The van der Waals surface area contributed by atoms with Crippen molar-refractivity contribution in [3.8, 4) is 5.75 Å². The van der Waals surface area contributed by atoms with Crippen LogP contribution in [0, 0.1) is 34.0 Å². The topological polar surface area (TPSA) is 110 Å². The lowest BCUT2D eigenvalue weighted by Gasteiger charge is -2.17. The summed E-state index contributed by atoms with van der Waals surface area (Å²) in [4.78, 5) is 11.4. The molecule has 2 rings (SSSR count). The number of carbonyl (C=O) groups excluding carboxylic acids is 1. The zero-order chi connectivity index (χ0) is 20.8. The van der Waals surface area contributed by atoms with Gasteiger partial charge in [-0.1, -0.05) is 0 Å². The smallest absolute Gasteiger partial charge is 0.349 e. The second kappa shape index (κ2) is 8.11. The van der Waals surface area contributed by atoms with Gasteiger partial charge in [0.15, 0.2) is 29.0 Å². The van der Waals surface area contributed by atoms with E-state index in [1.807, 2.05) is 0 Å². The van der Waals surface area contributed by atoms with Crippen molar-refractivity contribution in [3.05, 3.63) is 45.6 Å². The highest BCUT2D eigenvalue weighted by molar-refractivity contribution is 14.1. The SMILES string of the molecule is Nc1c(F)c(F)c(C(=O)Oc2c(I)cc(I)c(S(=O)(=O)[O-])c2I)c(F)c1F. The summed E-state index contributed by atoms with van der Waals surface area (Å²) in [5.41, 5.74) is 1.69. The van der Waals surface area contributed by atoms with Crippen LogP contribution in [0.4, 0.5) is 23.2 Å². The van der Waals surface area contributed by atoms with Gasteiger partial charge in [0.2, 0.25) is 0 Å². The van der Waals surface area contributed by atoms with Crippen molar-refractivity contribution in [1.29, 1.82) is 0 Å². The first-order chi connectivity index (χ1) is 12.3. The summed E-state index contributed by atoms with van der Waals surface area (Å²) < 4.78 is 93.5. The minimum Gasteiger partial charge on any atom is -0.744 e. The van der Waals surface area contributed by atoms with Crippen LogP contribution in [0.3, 0.4) is 0 Å². The van der Waals surface area contributed by atoms with Crippen molar-refractivity contribution in [2.24, 2.45) is 0 Å². The molecule has 0 amide bonds. The van der Waals surface area contributed by atoms with E-state index in [0.29, 0.717) is 0 Å². The van der Waals surface area contributed by atoms with Crippen LogP contribution >= 0.6 is 67.8 Å². The molecule has 6 nitrogen and oxygen atoms in total. The standard InChI is InChI=1S/C13H4F4I3NO5S/c14-5-4(6(15)8(17)10(21)7(5)16)13(22)26-11-2(18)1-3(19)12(9(11)20)27(23,24)25/h1H,21H2,(H,23,24,25)/p-1. The number of hydrogen-bond acceptors (Lipinski definition) is 6. The number of ether oxygens (including phenoxy) is 1. The van der Waals surface area contributed by atoms with Crippen LogP contribution in [-0.2, 0) is 10.1 Å². The molecule has 0 unspecified atom stereocenters. The van der Waals surface area contributed by atoms with Crippen LogP contribution in [-0.4, -0.2) is 18.9 Å². The van der Waals surface area contributed by atoms with E-state index in [9.17, 15) is 35.3 Å². The van der Waals surface area contributed by atoms with Gasteiger partial charge in [-0.25, -0.2) is 30.8 Å².